The van der Waals surface area contributed by atoms with E-state index in [0.29, 0.717) is 52.9 Å². The van der Waals surface area contributed by atoms with Crippen molar-refractivity contribution in [3.8, 4) is 5.75 Å². The van der Waals surface area contributed by atoms with Gasteiger partial charge in [0.2, 0.25) is 11.8 Å². The number of fused-ring (bicyclic) bond motifs is 2. The van der Waals surface area contributed by atoms with Crippen LogP contribution in [0.2, 0.25) is 0 Å². The van der Waals surface area contributed by atoms with Crippen LogP contribution in [0.5, 0.6) is 5.75 Å². The summed E-state index contributed by atoms with van der Waals surface area (Å²) in [4.78, 5) is 72.3. The first-order chi connectivity index (χ1) is 26.5. The van der Waals surface area contributed by atoms with Crippen molar-refractivity contribution in [3.05, 3.63) is 75.1 Å². The van der Waals surface area contributed by atoms with Crippen LogP contribution in [0.25, 0.3) is 0 Å². The maximum atomic E-state index is 14.9. The number of pyridine rings is 2. The summed E-state index contributed by atoms with van der Waals surface area (Å²) >= 11 is 6.71. The number of piperazine rings is 1. The van der Waals surface area contributed by atoms with Crippen molar-refractivity contribution in [2.75, 3.05) is 62.6 Å². The number of halogens is 2. The maximum absolute atomic E-state index is 14.9. The van der Waals surface area contributed by atoms with Gasteiger partial charge in [0.1, 0.15) is 23.2 Å². The van der Waals surface area contributed by atoms with Crippen LogP contribution in [0.1, 0.15) is 43.2 Å². The molecule has 4 aliphatic rings. The lowest BCUT2D eigenvalue weighted by Crippen LogP contribution is -2.63. The van der Waals surface area contributed by atoms with Crippen molar-refractivity contribution in [2.24, 2.45) is 11.7 Å². The number of ether oxygens (including phenoxy) is 1. The molecule has 3 saturated heterocycles. The van der Waals surface area contributed by atoms with Crippen LogP contribution in [-0.4, -0.2) is 118 Å². The summed E-state index contributed by atoms with van der Waals surface area (Å²) in [6, 6.07) is 7.99. The zero-order chi connectivity index (χ0) is 38.7. The second kappa shape index (κ2) is 16.8. The summed E-state index contributed by atoms with van der Waals surface area (Å²) in [5, 5.41) is 16.3. The molecular formula is C38H45Br2N9O6. The van der Waals surface area contributed by atoms with E-state index in [1.165, 1.54) is 0 Å². The van der Waals surface area contributed by atoms with Gasteiger partial charge in [-0.15, -0.1) is 0 Å². The van der Waals surface area contributed by atoms with E-state index in [2.05, 4.69) is 57.4 Å². The van der Waals surface area contributed by atoms with Crippen molar-refractivity contribution in [3.63, 3.8) is 0 Å². The highest BCUT2D eigenvalue weighted by atomic mass is 79.9. The predicted octanol–water partition coefficient (Wildman–Crippen LogP) is 4.19. The zero-order valence-corrected chi connectivity index (χ0v) is 33.5. The van der Waals surface area contributed by atoms with E-state index in [9.17, 15) is 24.3 Å². The van der Waals surface area contributed by atoms with Crippen molar-refractivity contribution in [2.45, 2.75) is 56.2 Å². The Hall–Kier alpha value is -4.32. The van der Waals surface area contributed by atoms with Crippen LogP contribution in [0, 0.1) is 5.92 Å². The smallest absolute Gasteiger partial charge is 0.413 e. The van der Waals surface area contributed by atoms with Gasteiger partial charge < -0.3 is 35.6 Å². The number of benzene rings is 1. The number of hydrogen-bond donors (Lipinski definition) is 4. The highest BCUT2D eigenvalue weighted by Gasteiger charge is 2.48. The standard InChI is InChI=1S/C38H45Br2N9O6/c39-28-20-25(21-29(40)32(28)50)22-30(41)34(51)49(37(54)48-14-7-38(8-15-48)27-2-1-9-44-33(27)45-36(53)55-38)31(23-24-3-10-42-11-4-24)35(52)47-18-16-46(17-19-47)26-5-12-43-13-6-26/h1-2,5-6,9,12-13,20-21,24,30-31,42,50H,3-4,7-8,10-11,14-19,22-23,41H2,(H,44,45,53)/t30-,31-/m1/s1. The van der Waals surface area contributed by atoms with Crippen LogP contribution in [0.15, 0.2) is 63.9 Å². The average Bonchev–Trinajstić information content (AvgIpc) is 3.20. The first-order valence-corrected chi connectivity index (χ1v) is 20.3. The number of aromatic hydroxyl groups is 1. The third-order valence-electron chi connectivity index (χ3n) is 11.2. The second-order valence-electron chi connectivity index (χ2n) is 14.6. The van der Waals surface area contributed by atoms with Crippen LogP contribution in [0.4, 0.5) is 21.1 Å². The number of nitrogens with two attached hydrogens (primary N) is 1. The summed E-state index contributed by atoms with van der Waals surface area (Å²) in [6.07, 6.45) is 6.98. The number of phenols is 1. The first-order valence-electron chi connectivity index (χ1n) is 18.7. The van der Waals surface area contributed by atoms with Gasteiger partial charge in [-0.05, 0) is 119 Å². The number of carbonyl (C=O) groups is 4. The molecule has 0 saturated carbocycles. The predicted molar refractivity (Wildman–Crippen MR) is 211 cm³/mol. The summed E-state index contributed by atoms with van der Waals surface area (Å²) in [5.74, 6) is -0.406. The molecular weight excluding hydrogens is 838 g/mol. The molecule has 6 heterocycles. The van der Waals surface area contributed by atoms with E-state index >= 15 is 0 Å². The highest BCUT2D eigenvalue weighted by Crippen LogP contribution is 2.43. The fourth-order valence-electron chi connectivity index (χ4n) is 8.15. The lowest BCUT2D eigenvalue weighted by molar-refractivity contribution is -0.145. The molecule has 1 spiro atoms. The minimum atomic E-state index is -1.18. The van der Waals surface area contributed by atoms with E-state index in [0.717, 1.165) is 42.1 Å². The molecule has 0 bridgehead atoms. The number of aromatic nitrogens is 2. The van der Waals surface area contributed by atoms with Gasteiger partial charge in [-0.1, -0.05) is 0 Å². The van der Waals surface area contributed by atoms with Crippen molar-refractivity contribution >= 4 is 67.3 Å². The largest absolute Gasteiger partial charge is 0.506 e. The fraction of sp³-hybridized carbons (Fsp3) is 0.474. The Morgan fingerprint density at radius 2 is 1.65 bits per heavy atom. The molecule has 2 atom stereocenters. The number of rotatable bonds is 8. The second-order valence-corrected chi connectivity index (χ2v) is 16.3. The number of likely N-dealkylation sites (tertiary alicyclic amines) is 1. The monoisotopic (exact) mass is 881 g/mol. The third kappa shape index (κ3) is 8.44. The molecule has 0 radical (unpaired) electrons. The molecule has 0 unspecified atom stereocenters. The molecule has 5 amide bonds. The molecule has 15 nitrogen and oxygen atoms in total. The number of carbonyl (C=O) groups excluding carboxylic acids is 4. The van der Waals surface area contributed by atoms with E-state index in [1.807, 2.05) is 18.2 Å². The Bertz CT molecular complexity index is 1880. The van der Waals surface area contributed by atoms with E-state index in [1.54, 1.807) is 46.6 Å². The number of hydrogen-bond acceptors (Lipinski definition) is 11. The normalized spacial score (nSPS) is 19.5. The van der Waals surface area contributed by atoms with Gasteiger partial charge in [0.25, 0.3) is 0 Å². The lowest BCUT2D eigenvalue weighted by Gasteiger charge is -2.46. The number of amides is 5. The third-order valence-corrected chi connectivity index (χ3v) is 12.4. The summed E-state index contributed by atoms with van der Waals surface area (Å²) < 4.78 is 6.73. The number of piperidine rings is 2. The molecule has 292 valence electrons. The fourth-order valence-corrected chi connectivity index (χ4v) is 9.43. The number of imide groups is 1. The zero-order valence-electron chi connectivity index (χ0n) is 30.3. The lowest BCUT2D eigenvalue weighted by atomic mass is 9.83. The first kappa shape index (κ1) is 38.9. The van der Waals surface area contributed by atoms with Gasteiger partial charge >= 0.3 is 12.1 Å². The molecule has 55 heavy (non-hydrogen) atoms. The summed E-state index contributed by atoms with van der Waals surface area (Å²) in [5.41, 5.74) is 8.10. The molecule has 4 aliphatic heterocycles. The Morgan fingerprint density at radius 1 is 0.982 bits per heavy atom. The highest BCUT2D eigenvalue weighted by molar-refractivity contribution is 9.11. The van der Waals surface area contributed by atoms with Gasteiger partial charge in [-0.25, -0.2) is 14.6 Å². The molecule has 5 N–H and O–H groups in total. The minimum absolute atomic E-state index is 0.0119. The number of nitrogens with one attached hydrogen (secondary N) is 2. The van der Waals surface area contributed by atoms with Crippen LogP contribution < -0.4 is 21.3 Å². The van der Waals surface area contributed by atoms with Gasteiger partial charge in [0, 0.05) is 82.0 Å². The van der Waals surface area contributed by atoms with Crippen molar-refractivity contribution in [1.29, 1.82) is 0 Å². The molecule has 3 fully saturated rings. The van der Waals surface area contributed by atoms with Gasteiger partial charge in [0.15, 0.2) is 0 Å². The maximum Gasteiger partial charge on any atom is 0.413 e. The van der Waals surface area contributed by atoms with Crippen LogP contribution in [0.3, 0.4) is 0 Å². The number of nitrogens with zero attached hydrogens (tertiary/aromatic N) is 6. The van der Waals surface area contributed by atoms with Gasteiger partial charge in [-0.3, -0.25) is 24.8 Å². The molecule has 7 rings (SSSR count). The number of urea groups is 1. The Balaban J connectivity index is 1.18. The van der Waals surface area contributed by atoms with Crippen molar-refractivity contribution < 1.29 is 29.0 Å². The van der Waals surface area contributed by atoms with Gasteiger partial charge in [0.05, 0.1) is 15.0 Å². The Labute approximate surface area is 336 Å². The minimum Gasteiger partial charge on any atom is -0.506 e. The topological polar surface area (TPSA) is 187 Å². The van der Waals surface area contributed by atoms with Crippen LogP contribution >= 0.6 is 31.9 Å². The molecule has 17 heteroatoms. The van der Waals surface area contributed by atoms with Crippen LogP contribution in [-0.2, 0) is 26.3 Å². The average molecular weight is 884 g/mol. The van der Waals surface area contributed by atoms with E-state index < -0.39 is 35.7 Å². The Morgan fingerprint density at radius 3 is 2.33 bits per heavy atom. The number of phenolic OH excluding ortho intramolecular Hbond substituents is 1. The summed E-state index contributed by atoms with van der Waals surface area (Å²) in [6.45, 7) is 3.88. The SMILES string of the molecule is N[C@H](Cc1cc(Br)c(O)c(Br)c1)C(=O)N(C(=O)N1CCC2(CC1)OC(=O)Nc1ncccc12)[C@H](CC1CCNCC1)C(=O)N1CCN(c2ccncc2)CC1. The van der Waals surface area contributed by atoms with Crippen molar-refractivity contribution in [1.82, 2.24) is 30.0 Å². The summed E-state index contributed by atoms with van der Waals surface area (Å²) in [7, 11) is 0. The molecule has 1 aromatic carbocycles. The van der Waals surface area contributed by atoms with E-state index in [-0.39, 0.29) is 49.9 Å². The quantitative estimate of drug-likeness (QED) is 0.254. The Kier molecular flexibility index (Phi) is 11.9. The molecule has 3 aromatic rings. The molecule has 0 aliphatic carbocycles. The van der Waals surface area contributed by atoms with E-state index in [4.69, 9.17) is 10.5 Å². The molecule has 2 aromatic heterocycles. The number of anilines is 2. The van der Waals surface area contributed by atoms with Gasteiger partial charge in [-0.2, -0.15) is 0 Å².